The summed E-state index contributed by atoms with van der Waals surface area (Å²) in [6, 6.07) is 14.0. The summed E-state index contributed by atoms with van der Waals surface area (Å²) in [6.45, 7) is 5.79. The van der Waals surface area contributed by atoms with E-state index in [1.165, 1.54) is 7.11 Å². The molecule has 1 N–H and O–H groups in total. The maximum atomic E-state index is 13.3. The van der Waals surface area contributed by atoms with Crippen LogP contribution >= 0.6 is 11.3 Å². The van der Waals surface area contributed by atoms with Crippen molar-refractivity contribution in [1.29, 1.82) is 0 Å². The number of likely N-dealkylation sites (N-methyl/N-ethyl adjacent to an activating group) is 1. The number of hydrogen-bond acceptors (Lipinski definition) is 5. The second-order valence-corrected chi connectivity index (χ2v) is 8.60. The first-order valence-electron chi connectivity index (χ1n) is 9.89. The van der Waals surface area contributed by atoms with E-state index in [-0.39, 0.29) is 23.8 Å². The normalized spacial score (nSPS) is 13.1. The average Bonchev–Trinajstić information content (AvgIpc) is 3.19. The van der Waals surface area contributed by atoms with E-state index in [1.54, 1.807) is 47.5 Å². The van der Waals surface area contributed by atoms with Crippen molar-refractivity contribution < 1.29 is 14.3 Å². The van der Waals surface area contributed by atoms with Crippen LogP contribution in [0, 0.1) is 5.92 Å². The Kier molecular flexibility index (Phi) is 6.72. The van der Waals surface area contributed by atoms with Gasteiger partial charge in [-0.1, -0.05) is 38.1 Å². The van der Waals surface area contributed by atoms with Crippen molar-refractivity contribution in [2.24, 2.45) is 5.92 Å². The maximum Gasteiger partial charge on any atom is 0.255 e. The first kappa shape index (κ1) is 21.8. The Labute approximate surface area is 180 Å². The van der Waals surface area contributed by atoms with Gasteiger partial charge in [0, 0.05) is 7.05 Å². The molecule has 1 heterocycles. The second-order valence-electron chi connectivity index (χ2n) is 7.54. The van der Waals surface area contributed by atoms with Gasteiger partial charge in [0.25, 0.3) is 5.91 Å². The molecule has 2 amide bonds. The summed E-state index contributed by atoms with van der Waals surface area (Å²) >= 11 is 1.58. The molecule has 2 aromatic carbocycles. The summed E-state index contributed by atoms with van der Waals surface area (Å²) in [6.07, 6.45) is 0. The van der Waals surface area contributed by atoms with Crippen LogP contribution in [0.25, 0.3) is 10.2 Å². The zero-order chi connectivity index (χ0) is 21.8. The largest absolute Gasteiger partial charge is 0.496 e. The number of nitrogens with one attached hydrogen (secondary N) is 1. The van der Waals surface area contributed by atoms with Crippen LogP contribution in [0.2, 0.25) is 0 Å². The number of amides is 2. The number of benzene rings is 2. The number of fused-ring (bicyclic) bond motifs is 1. The van der Waals surface area contributed by atoms with E-state index >= 15 is 0 Å². The minimum absolute atomic E-state index is 0.0822. The maximum absolute atomic E-state index is 13.3. The summed E-state index contributed by atoms with van der Waals surface area (Å²) in [5.41, 5.74) is 1.33. The molecule has 0 aliphatic heterocycles. The third-order valence-corrected chi connectivity index (χ3v) is 6.37. The molecule has 0 aliphatic carbocycles. The number of para-hydroxylation sites is 2. The highest BCUT2D eigenvalue weighted by molar-refractivity contribution is 7.18. The fourth-order valence-electron chi connectivity index (χ4n) is 3.21. The number of nitrogens with zero attached hydrogens (tertiary/aromatic N) is 2. The van der Waals surface area contributed by atoms with Crippen molar-refractivity contribution >= 4 is 33.4 Å². The first-order valence-corrected chi connectivity index (χ1v) is 10.7. The Balaban J connectivity index is 1.79. The van der Waals surface area contributed by atoms with Gasteiger partial charge in [-0.2, -0.15) is 0 Å². The van der Waals surface area contributed by atoms with Gasteiger partial charge in [0.1, 0.15) is 16.8 Å². The van der Waals surface area contributed by atoms with Crippen LogP contribution in [0.15, 0.2) is 48.5 Å². The van der Waals surface area contributed by atoms with Gasteiger partial charge in [-0.3, -0.25) is 9.59 Å². The number of rotatable bonds is 7. The van der Waals surface area contributed by atoms with Gasteiger partial charge in [-0.15, -0.1) is 11.3 Å². The van der Waals surface area contributed by atoms with Crippen LogP contribution < -0.4 is 10.1 Å². The highest BCUT2D eigenvalue weighted by atomic mass is 32.1. The molecule has 1 aromatic heterocycles. The van der Waals surface area contributed by atoms with E-state index < -0.39 is 6.04 Å². The number of aromatic nitrogens is 1. The van der Waals surface area contributed by atoms with E-state index in [2.05, 4.69) is 10.3 Å². The minimum Gasteiger partial charge on any atom is -0.496 e. The number of hydrogen-bond donors (Lipinski definition) is 1. The quantitative estimate of drug-likeness (QED) is 0.613. The van der Waals surface area contributed by atoms with Crippen LogP contribution in [0.3, 0.4) is 0 Å². The topological polar surface area (TPSA) is 71.5 Å². The Morgan fingerprint density at radius 3 is 2.40 bits per heavy atom. The Morgan fingerprint density at radius 2 is 1.73 bits per heavy atom. The van der Waals surface area contributed by atoms with Gasteiger partial charge < -0.3 is 15.0 Å². The first-order chi connectivity index (χ1) is 14.3. The number of carbonyl (C=O) groups excluding carboxylic acids is 2. The van der Waals surface area contributed by atoms with Crippen molar-refractivity contribution in [2.75, 3.05) is 14.2 Å². The van der Waals surface area contributed by atoms with Crippen LogP contribution in [0.1, 0.15) is 42.2 Å². The van der Waals surface area contributed by atoms with Crippen LogP contribution in [0.4, 0.5) is 0 Å². The Hall–Kier alpha value is -2.93. The molecule has 0 saturated heterocycles. The fourth-order valence-corrected chi connectivity index (χ4v) is 4.27. The van der Waals surface area contributed by atoms with Crippen molar-refractivity contribution in [3.05, 3.63) is 59.1 Å². The summed E-state index contributed by atoms with van der Waals surface area (Å²) < 4.78 is 6.37. The van der Waals surface area contributed by atoms with Gasteiger partial charge in [0.2, 0.25) is 5.91 Å². The van der Waals surface area contributed by atoms with Crippen molar-refractivity contribution in [1.82, 2.24) is 15.2 Å². The summed E-state index contributed by atoms with van der Waals surface area (Å²) in [4.78, 5) is 32.5. The molecule has 2 atom stereocenters. The third kappa shape index (κ3) is 4.46. The monoisotopic (exact) mass is 425 g/mol. The number of thiazole rings is 1. The molecule has 0 unspecified atom stereocenters. The summed E-state index contributed by atoms with van der Waals surface area (Å²) in [5.74, 6) is -0.0946. The van der Waals surface area contributed by atoms with E-state index in [9.17, 15) is 9.59 Å². The van der Waals surface area contributed by atoms with Gasteiger partial charge in [-0.25, -0.2) is 4.98 Å². The molecule has 0 spiro atoms. The lowest BCUT2D eigenvalue weighted by molar-refractivity contribution is -0.135. The molecule has 0 bridgehead atoms. The fraction of sp³-hybridized carbons (Fsp3) is 0.348. The smallest absolute Gasteiger partial charge is 0.255 e. The molecule has 0 saturated carbocycles. The molecular weight excluding hydrogens is 398 g/mol. The molecule has 3 rings (SSSR count). The van der Waals surface area contributed by atoms with Crippen molar-refractivity contribution in [3.63, 3.8) is 0 Å². The van der Waals surface area contributed by atoms with Gasteiger partial charge >= 0.3 is 0 Å². The minimum atomic E-state index is -0.663. The second kappa shape index (κ2) is 9.26. The lowest BCUT2D eigenvalue weighted by Gasteiger charge is -2.30. The van der Waals surface area contributed by atoms with E-state index in [4.69, 9.17) is 4.74 Å². The van der Waals surface area contributed by atoms with Crippen LogP contribution in [-0.2, 0) is 4.79 Å². The zero-order valence-electron chi connectivity index (χ0n) is 17.9. The summed E-state index contributed by atoms with van der Waals surface area (Å²) in [7, 11) is 3.27. The number of carbonyl (C=O) groups is 2. The predicted octanol–water partition coefficient (Wildman–Crippen LogP) is 4.28. The molecule has 0 radical (unpaired) electrons. The lowest BCUT2D eigenvalue weighted by atomic mass is 10.0. The predicted molar refractivity (Wildman–Crippen MR) is 120 cm³/mol. The van der Waals surface area contributed by atoms with Gasteiger partial charge in [0.15, 0.2) is 0 Å². The molecular formula is C23H27N3O3S. The van der Waals surface area contributed by atoms with Crippen molar-refractivity contribution in [3.8, 4) is 5.75 Å². The Morgan fingerprint density at radius 1 is 1.07 bits per heavy atom. The number of ether oxygens (including phenoxy) is 1. The van der Waals surface area contributed by atoms with Crippen LogP contribution in [-0.4, -0.2) is 41.9 Å². The average molecular weight is 426 g/mol. The molecule has 30 heavy (non-hydrogen) atoms. The highest BCUT2D eigenvalue weighted by Crippen LogP contribution is 2.29. The Bertz CT molecular complexity index is 1010. The zero-order valence-corrected chi connectivity index (χ0v) is 18.7. The molecule has 6 nitrogen and oxygen atoms in total. The van der Waals surface area contributed by atoms with Crippen molar-refractivity contribution in [2.45, 2.75) is 32.9 Å². The highest BCUT2D eigenvalue weighted by Gasteiger charge is 2.31. The van der Waals surface area contributed by atoms with E-state index in [0.717, 1.165) is 15.2 Å². The third-order valence-electron chi connectivity index (χ3n) is 5.17. The van der Waals surface area contributed by atoms with E-state index in [1.807, 2.05) is 45.0 Å². The number of methoxy groups -OCH3 is 1. The molecule has 0 aliphatic rings. The summed E-state index contributed by atoms with van der Waals surface area (Å²) in [5, 5.41) is 3.76. The van der Waals surface area contributed by atoms with Crippen LogP contribution in [0.5, 0.6) is 5.75 Å². The molecule has 158 valence electrons. The van der Waals surface area contributed by atoms with Gasteiger partial charge in [0.05, 0.1) is 28.9 Å². The van der Waals surface area contributed by atoms with Gasteiger partial charge in [-0.05, 0) is 37.1 Å². The molecule has 0 fully saturated rings. The molecule has 7 heteroatoms. The molecule has 3 aromatic rings. The standard InChI is InChI=1S/C23H27N3O3S/c1-14(2)20(25-21(27)16-10-6-8-12-18(16)29-5)23(28)26(4)15(3)22-24-17-11-7-9-13-19(17)30-22/h6-15,20H,1-5H3,(H,25,27)/t15-,20-/m0/s1. The van der Waals surface area contributed by atoms with E-state index in [0.29, 0.717) is 11.3 Å². The SMILES string of the molecule is COc1ccccc1C(=O)N[C@H](C(=O)N(C)[C@@H](C)c1nc2ccccc2s1)C(C)C. The lowest BCUT2D eigenvalue weighted by Crippen LogP contribution is -2.50.